The van der Waals surface area contributed by atoms with Gasteiger partial charge in [0.05, 0.1) is 9.95 Å². The molecule has 19 heavy (non-hydrogen) atoms. The number of rotatable bonds is 4. The van der Waals surface area contributed by atoms with E-state index in [1.807, 2.05) is 0 Å². The van der Waals surface area contributed by atoms with E-state index in [4.69, 9.17) is 21.4 Å². The van der Waals surface area contributed by atoms with Crippen LogP contribution >= 0.6 is 11.6 Å². The molecule has 0 fully saturated rings. The monoisotopic (exact) mass is 287 g/mol. The van der Waals surface area contributed by atoms with Crippen molar-refractivity contribution >= 4 is 23.3 Å². The zero-order valence-electron chi connectivity index (χ0n) is 10.7. The maximum absolute atomic E-state index is 11.2. The van der Waals surface area contributed by atoms with Gasteiger partial charge in [-0.15, -0.1) is 0 Å². The molecule has 6 nitrogen and oxygen atoms in total. The number of non-ortho nitro benzene ring substituents is 1. The summed E-state index contributed by atoms with van der Waals surface area (Å²) < 4.78 is 5.35. The molecular formula is C12H14ClNO5. The second kappa shape index (κ2) is 5.44. The number of nitrogens with zero attached hydrogens (tertiary/aromatic N) is 1. The highest BCUT2D eigenvalue weighted by atomic mass is 35.5. The largest absolute Gasteiger partial charge is 0.478 e. The molecule has 7 heteroatoms. The fourth-order valence-electron chi connectivity index (χ4n) is 1.42. The van der Waals surface area contributed by atoms with Gasteiger partial charge in [-0.3, -0.25) is 10.1 Å². The van der Waals surface area contributed by atoms with E-state index in [9.17, 15) is 14.9 Å². The lowest BCUT2D eigenvalue weighted by molar-refractivity contribution is -0.384. The zero-order chi connectivity index (χ0) is 14.8. The van der Waals surface area contributed by atoms with Crippen LogP contribution in [0.1, 0.15) is 20.8 Å². The first kappa shape index (κ1) is 15.2. The average molecular weight is 288 g/mol. The minimum atomic E-state index is -1.12. The number of carboxylic acids is 1. The summed E-state index contributed by atoms with van der Waals surface area (Å²) in [5.41, 5.74) is -0.822. The summed E-state index contributed by atoms with van der Waals surface area (Å²) in [5, 5.41) is 19.7. The van der Waals surface area contributed by atoms with Gasteiger partial charge in [-0.05, 0) is 6.07 Å². The smallest absolute Gasteiger partial charge is 0.345 e. The molecule has 0 aliphatic rings. The molecule has 0 aromatic heterocycles. The van der Waals surface area contributed by atoms with E-state index in [1.165, 1.54) is 12.1 Å². The number of carbonyl (C=O) groups is 1. The Bertz CT molecular complexity index is 509. The standard InChI is InChI=1S/C12H14ClNO5/c1-12(2,3)10(11(15)16)19-9-5-4-7(14(17)18)6-8(9)13/h4-6,10H,1-3H3,(H,15,16). The molecule has 1 unspecified atom stereocenters. The van der Waals surface area contributed by atoms with Gasteiger partial charge in [0.2, 0.25) is 0 Å². The zero-order valence-corrected chi connectivity index (χ0v) is 11.5. The van der Waals surface area contributed by atoms with Crippen LogP contribution < -0.4 is 4.74 Å². The lowest BCUT2D eigenvalue weighted by atomic mass is 9.89. The quantitative estimate of drug-likeness (QED) is 0.679. The Morgan fingerprint density at radius 3 is 2.42 bits per heavy atom. The minimum absolute atomic E-state index is 0.00435. The third-order valence-electron chi connectivity index (χ3n) is 2.38. The van der Waals surface area contributed by atoms with Gasteiger partial charge in [-0.1, -0.05) is 32.4 Å². The number of nitro benzene ring substituents is 1. The summed E-state index contributed by atoms with van der Waals surface area (Å²) in [6.45, 7) is 5.14. The Morgan fingerprint density at radius 2 is 2.05 bits per heavy atom. The van der Waals surface area contributed by atoms with Gasteiger partial charge in [-0.2, -0.15) is 0 Å². The van der Waals surface area contributed by atoms with Gasteiger partial charge in [0.15, 0.2) is 6.10 Å². The molecule has 1 aromatic rings. The fraction of sp³-hybridized carbons (Fsp3) is 0.417. The first-order chi connectivity index (χ1) is 8.62. The molecule has 0 amide bonds. The van der Waals surface area contributed by atoms with E-state index in [1.54, 1.807) is 20.8 Å². The molecule has 1 rings (SSSR count). The van der Waals surface area contributed by atoms with Crippen LogP contribution in [0.25, 0.3) is 0 Å². The number of halogens is 1. The highest BCUT2D eigenvalue weighted by Gasteiger charge is 2.34. The molecule has 0 aliphatic carbocycles. The van der Waals surface area contributed by atoms with Gasteiger partial charge in [0.1, 0.15) is 5.75 Å². The third kappa shape index (κ3) is 3.82. The summed E-state index contributed by atoms with van der Waals surface area (Å²) in [6.07, 6.45) is -1.11. The van der Waals surface area contributed by atoms with Crippen molar-refractivity contribution in [2.24, 2.45) is 5.41 Å². The van der Waals surface area contributed by atoms with E-state index in [0.717, 1.165) is 6.07 Å². The first-order valence-corrected chi connectivity index (χ1v) is 5.84. The highest BCUT2D eigenvalue weighted by Crippen LogP contribution is 2.32. The Balaban J connectivity index is 3.05. The normalized spacial score (nSPS) is 12.8. The second-order valence-corrected chi connectivity index (χ2v) is 5.48. The van der Waals surface area contributed by atoms with Gasteiger partial charge < -0.3 is 9.84 Å². The van der Waals surface area contributed by atoms with E-state index in [-0.39, 0.29) is 16.5 Å². The van der Waals surface area contributed by atoms with Crippen LogP contribution in [0.5, 0.6) is 5.75 Å². The molecule has 104 valence electrons. The average Bonchev–Trinajstić information content (AvgIpc) is 2.24. The van der Waals surface area contributed by atoms with Crippen molar-refractivity contribution in [2.75, 3.05) is 0 Å². The second-order valence-electron chi connectivity index (χ2n) is 5.07. The summed E-state index contributed by atoms with van der Waals surface area (Å²) in [4.78, 5) is 21.1. The van der Waals surface area contributed by atoms with Gasteiger partial charge >= 0.3 is 5.97 Å². The Hall–Kier alpha value is -1.82. The lowest BCUT2D eigenvalue weighted by Crippen LogP contribution is -2.39. The van der Waals surface area contributed by atoms with Crippen molar-refractivity contribution in [3.8, 4) is 5.75 Å². The van der Waals surface area contributed by atoms with Crippen molar-refractivity contribution < 1.29 is 19.6 Å². The van der Waals surface area contributed by atoms with Crippen LogP contribution in [0.15, 0.2) is 18.2 Å². The van der Waals surface area contributed by atoms with Gasteiger partial charge in [0.25, 0.3) is 5.69 Å². The lowest BCUT2D eigenvalue weighted by Gasteiger charge is -2.27. The maximum Gasteiger partial charge on any atom is 0.345 e. The van der Waals surface area contributed by atoms with Crippen molar-refractivity contribution in [3.05, 3.63) is 33.3 Å². The van der Waals surface area contributed by atoms with E-state index in [2.05, 4.69) is 0 Å². The summed E-state index contributed by atoms with van der Waals surface area (Å²) >= 11 is 5.85. The number of aliphatic carboxylic acids is 1. The van der Waals surface area contributed by atoms with E-state index >= 15 is 0 Å². The molecule has 0 saturated heterocycles. The summed E-state index contributed by atoms with van der Waals surface area (Å²) in [7, 11) is 0. The number of nitro groups is 1. The Kier molecular flexibility index (Phi) is 4.36. The van der Waals surface area contributed by atoms with Crippen LogP contribution in [0.3, 0.4) is 0 Å². The van der Waals surface area contributed by atoms with Gasteiger partial charge in [-0.25, -0.2) is 4.79 Å². The SMILES string of the molecule is CC(C)(C)C(Oc1ccc([N+](=O)[O-])cc1Cl)C(=O)O. The molecule has 0 heterocycles. The van der Waals surface area contributed by atoms with Crippen LogP contribution in [0.2, 0.25) is 5.02 Å². The predicted octanol–water partition coefficient (Wildman–Crippen LogP) is 3.13. The van der Waals surface area contributed by atoms with E-state index in [0.29, 0.717) is 0 Å². The molecule has 0 bridgehead atoms. The number of benzene rings is 1. The fourth-order valence-corrected chi connectivity index (χ4v) is 1.64. The van der Waals surface area contributed by atoms with Crippen LogP contribution in [0.4, 0.5) is 5.69 Å². The molecule has 0 radical (unpaired) electrons. The highest BCUT2D eigenvalue weighted by molar-refractivity contribution is 6.32. The summed E-state index contributed by atoms with van der Waals surface area (Å²) in [5.74, 6) is -1.02. The molecule has 1 atom stereocenters. The molecule has 0 aliphatic heterocycles. The van der Waals surface area contributed by atoms with Crippen molar-refractivity contribution in [1.82, 2.24) is 0 Å². The van der Waals surface area contributed by atoms with E-state index < -0.39 is 22.4 Å². The van der Waals surface area contributed by atoms with Crippen LogP contribution in [-0.4, -0.2) is 22.1 Å². The Morgan fingerprint density at radius 1 is 1.47 bits per heavy atom. The van der Waals surface area contributed by atoms with Crippen molar-refractivity contribution in [1.29, 1.82) is 0 Å². The topological polar surface area (TPSA) is 89.7 Å². The number of hydrogen-bond acceptors (Lipinski definition) is 4. The molecule has 1 aromatic carbocycles. The number of carboxylic acid groups (broad SMARTS) is 1. The Labute approximate surface area is 115 Å². The predicted molar refractivity (Wildman–Crippen MR) is 69.6 cm³/mol. The molecule has 1 N–H and O–H groups in total. The maximum atomic E-state index is 11.2. The number of hydrogen-bond donors (Lipinski definition) is 1. The summed E-state index contributed by atoms with van der Waals surface area (Å²) in [6, 6.07) is 3.63. The van der Waals surface area contributed by atoms with Crippen molar-refractivity contribution in [2.45, 2.75) is 26.9 Å². The minimum Gasteiger partial charge on any atom is -0.478 e. The molecule has 0 saturated carbocycles. The first-order valence-electron chi connectivity index (χ1n) is 5.46. The number of ether oxygens (including phenoxy) is 1. The third-order valence-corrected chi connectivity index (χ3v) is 2.68. The van der Waals surface area contributed by atoms with Crippen LogP contribution in [0, 0.1) is 15.5 Å². The molecule has 0 spiro atoms. The van der Waals surface area contributed by atoms with Crippen LogP contribution in [-0.2, 0) is 4.79 Å². The van der Waals surface area contributed by atoms with Gasteiger partial charge in [0, 0.05) is 17.5 Å². The van der Waals surface area contributed by atoms with Crippen molar-refractivity contribution in [3.63, 3.8) is 0 Å². The molecular weight excluding hydrogens is 274 g/mol.